The number of hydrogen-bond acceptors (Lipinski definition) is 3. The molecule has 5 nitrogen and oxygen atoms in total. The normalized spacial score (nSPS) is 22.2. The van der Waals surface area contributed by atoms with Gasteiger partial charge in [-0.05, 0) is 30.5 Å². The Hall–Kier alpha value is -2.04. The maximum absolute atomic E-state index is 12.4. The van der Waals surface area contributed by atoms with Gasteiger partial charge in [-0.3, -0.25) is 9.59 Å². The van der Waals surface area contributed by atoms with Gasteiger partial charge in [0, 0.05) is 24.3 Å². The third-order valence-corrected chi connectivity index (χ3v) is 4.25. The molecule has 1 heterocycles. The Morgan fingerprint density at radius 1 is 1.40 bits per heavy atom. The molecule has 1 saturated heterocycles. The molecule has 1 aliphatic heterocycles. The Kier molecular flexibility index (Phi) is 3.70. The molecule has 3 N–H and O–H groups in total. The quantitative estimate of drug-likeness (QED) is 0.825. The van der Waals surface area contributed by atoms with E-state index in [1.54, 1.807) is 29.2 Å². The maximum atomic E-state index is 12.4. The average molecular weight is 276 g/mol. The Morgan fingerprint density at radius 2 is 2.10 bits per heavy atom. The standard InChI is InChI=1S/C15H20N2O3/c1-10(2)15(14(19)20)6-7-17(9-15)13(18)11-4-3-5-12(16)8-11/h3-5,8,10H,6-7,9,16H2,1-2H3,(H,19,20). The lowest BCUT2D eigenvalue weighted by Crippen LogP contribution is -2.40. The summed E-state index contributed by atoms with van der Waals surface area (Å²) in [7, 11) is 0. The molecule has 1 amide bonds. The highest BCUT2D eigenvalue weighted by Crippen LogP contribution is 2.38. The van der Waals surface area contributed by atoms with Crippen LogP contribution in [0.15, 0.2) is 24.3 Å². The van der Waals surface area contributed by atoms with Crippen LogP contribution in [-0.4, -0.2) is 35.0 Å². The van der Waals surface area contributed by atoms with E-state index < -0.39 is 11.4 Å². The van der Waals surface area contributed by atoms with Crippen LogP contribution < -0.4 is 5.73 Å². The number of amides is 1. The largest absolute Gasteiger partial charge is 0.481 e. The Morgan fingerprint density at radius 3 is 2.60 bits per heavy atom. The first-order valence-corrected chi connectivity index (χ1v) is 6.75. The zero-order valence-electron chi connectivity index (χ0n) is 11.8. The number of carbonyl (C=O) groups is 2. The van der Waals surface area contributed by atoms with E-state index in [4.69, 9.17) is 5.73 Å². The van der Waals surface area contributed by atoms with Crippen molar-refractivity contribution in [1.82, 2.24) is 4.90 Å². The van der Waals surface area contributed by atoms with Gasteiger partial charge in [0.05, 0.1) is 5.41 Å². The number of nitrogens with two attached hydrogens (primary N) is 1. The summed E-state index contributed by atoms with van der Waals surface area (Å²) in [6.45, 7) is 4.51. The summed E-state index contributed by atoms with van der Waals surface area (Å²) in [6.07, 6.45) is 0.494. The molecule has 0 bridgehead atoms. The Balaban J connectivity index is 2.21. The molecule has 20 heavy (non-hydrogen) atoms. The number of nitrogen functional groups attached to an aromatic ring is 1. The molecule has 0 radical (unpaired) electrons. The van der Waals surface area contributed by atoms with Crippen LogP contribution in [0.1, 0.15) is 30.6 Å². The lowest BCUT2D eigenvalue weighted by atomic mass is 9.76. The van der Waals surface area contributed by atoms with Crippen LogP contribution in [0.25, 0.3) is 0 Å². The molecule has 1 unspecified atom stereocenters. The van der Waals surface area contributed by atoms with Gasteiger partial charge in [-0.2, -0.15) is 0 Å². The van der Waals surface area contributed by atoms with E-state index in [1.807, 2.05) is 13.8 Å². The van der Waals surface area contributed by atoms with Crippen molar-refractivity contribution in [3.63, 3.8) is 0 Å². The first-order chi connectivity index (χ1) is 9.36. The highest BCUT2D eigenvalue weighted by atomic mass is 16.4. The number of hydrogen-bond donors (Lipinski definition) is 2. The minimum atomic E-state index is -0.837. The summed E-state index contributed by atoms with van der Waals surface area (Å²) < 4.78 is 0. The zero-order chi connectivity index (χ0) is 14.9. The smallest absolute Gasteiger partial charge is 0.311 e. The molecule has 1 aliphatic rings. The van der Waals surface area contributed by atoms with Crippen molar-refractivity contribution in [2.75, 3.05) is 18.8 Å². The Labute approximate surface area is 118 Å². The number of benzene rings is 1. The van der Waals surface area contributed by atoms with E-state index in [0.717, 1.165) is 0 Å². The molecule has 1 atom stereocenters. The molecule has 1 aromatic rings. The number of aliphatic carboxylic acids is 1. The molecule has 1 fully saturated rings. The summed E-state index contributed by atoms with van der Waals surface area (Å²) in [5.41, 5.74) is 5.88. The van der Waals surface area contributed by atoms with Gasteiger partial charge >= 0.3 is 5.97 Å². The van der Waals surface area contributed by atoms with Crippen LogP contribution in [0, 0.1) is 11.3 Å². The van der Waals surface area contributed by atoms with Gasteiger partial charge in [0.1, 0.15) is 0 Å². The van der Waals surface area contributed by atoms with Crippen LogP contribution in [0.4, 0.5) is 5.69 Å². The summed E-state index contributed by atoms with van der Waals surface area (Å²) in [5, 5.41) is 9.49. The van der Waals surface area contributed by atoms with E-state index >= 15 is 0 Å². The SMILES string of the molecule is CC(C)C1(C(=O)O)CCN(C(=O)c2cccc(N)c2)C1. The summed E-state index contributed by atoms with van der Waals surface area (Å²) in [5.74, 6) is -0.991. The number of likely N-dealkylation sites (tertiary alicyclic amines) is 1. The number of nitrogens with zero attached hydrogens (tertiary/aromatic N) is 1. The summed E-state index contributed by atoms with van der Waals surface area (Å²) in [4.78, 5) is 25.6. The molecule has 0 saturated carbocycles. The third-order valence-electron chi connectivity index (χ3n) is 4.25. The zero-order valence-corrected chi connectivity index (χ0v) is 11.8. The lowest BCUT2D eigenvalue weighted by Gasteiger charge is -2.28. The van der Waals surface area contributed by atoms with Gasteiger partial charge in [-0.15, -0.1) is 0 Å². The second-order valence-corrected chi connectivity index (χ2v) is 5.72. The first kappa shape index (κ1) is 14.4. The fourth-order valence-electron chi connectivity index (χ4n) is 2.75. The minimum absolute atomic E-state index is 0.0151. The van der Waals surface area contributed by atoms with Gasteiger partial charge in [-0.25, -0.2) is 0 Å². The Bertz CT molecular complexity index is 542. The lowest BCUT2D eigenvalue weighted by molar-refractivity contribution is -0.150. The van der Waals surface area contributed by atoms with E-state index in [2.05, 4.69) is 0 Å². The molecule has 108 valence electrons. The monoisotopic (exact) mass is 276 g/mol. The van der Waals surface area contributed by atoms with Crippen molar-refractivity contribution in [3.05, 3.63) is 29.8 Å². The number of carboxylic acid groups (broad SMARTS) is 1. The fraction of sp³-hybridized carbons (Fsp3) is 0.467. The van der Waals surface area contributed by atoms with Crippen molar-refractivity contribution in [2.45, 2.75) is 20.3 Å². The molecule has 0 spiro atoms. The van der Waals surface area contributed by atoms with Crippen LogP contribution in [0.3, 0.4) is 0 Å². The van der Waals surface area contributed by atoms with E-state index in [-0.39, 0.29) is 18.4 Å². The fourth-order valence-corrected chi connectivity index (χ4v) is 2.75. The average Bonchev–Trinajstić information content (AvgIpc) is 2.84. The second-order valence-electron chi connectivity index (χ2n) is 5.72. The number of anilines is 1. The van der Waals surface area contributed by atoms with E-state index in [0.29, 0.717) is 24.2 Å². The van der Waals surface area contributed by atoms with Gasteiger partial charge in [0.15, 0.2) is 0 Å². The minimum Gasteiger partial charge on any atom is -0.481 e. The highest BCUT2D eigenvalue weighted by molar-refractivity contribution is 5.95. The number of rotatable bonds is 3. The van der Waals surface area contributed by atoms with Crippen LogP contribution >= 0.6 is 0 Å². The third kappa shape index (κ3) is 2.35. The van der Waals surface area contributed by atoms with Crippen molar-refractivity contribution >= 4 is 17.6 Å². The molecule has 1 aromatic carbocycles. The van der Waals surface area contributed by atoms with Crippen LogP contribution in [0.2, 0.25) is 0 Å². The molecule has 2 rings (SSSR count). The van der Waals surface area contributed by atoms with Crippen molar-refractivity contribution in [2.24, 2.45) is 11.3 Å². The van der Waals surface area contributed by atoms with Crippen molar-refractivity contribution in [1.29, 1.82) is 0 Å². The summed E-state index contributed by atoms with van der Waals surface area (Å²) in [6, 6.07) is 6.77. The number of carbonyl (C=O) groups excluding carboxylic acids is 1. The molecule has 5 heteroatoms. The predicted molar refractivity (Wildman–Crippen MR) is 76.3 cm³/mol. The van der Waals surface area contributed by atoms with E-state index in [1.165, 1.54) is 0 Å². The summed E-state index contributed by atoms with van der Waals surface area (Å²) >= 11 is 0. The van der Waals surface area contributed by atoms with E-state index in [9.17, 15) is 14.7 Å². The van der Waals surface area contributed by atoms with Gasteiger partial charge in [0.2, 0.25) is 0 Å². The van der Waals surface area contributed by atoms with Gasteiger partial charge in [0.25, 0.3) is 5.91 Å². The van der Waals surface area contributed by atoms with Gasteiger partial charge < -0.3 is 15.7 Å². The van der Waals surface area contributed by atoms with Crippen molar-refractivity contribution < 1.29 is 14.7 Å². The second kappa shape index (κ2) is 5.15. The topological polar surface area (TPSA) is 83.6 Å². The molecule has 0 aliphatic carbocycles. The van der Waals surface area contributed by atoms with Crippen LogP contribution in [0.5, 0.6) is 0 Å². The molecule has 0 aromatic heterocycles. The van der Waals surface area contributed by atoms with Crippen molar-refractivity contribution in [3.8, 4) is 0 Å². The van der Waals surface area contributed by atoms with Crippen LogP contribution in [-0.2, 0) is 4.79 Å². The predicted octanol–water partition coefficient (Wildman–Crippen LogP) is 1.84. The first-order valence-electron chi connectivity index (χ1n) is 6.75. The number of carboxylic acids is 1. The van der Waals surface area contributed by atoms with Gasteiger partial charge in [-0.1, -0.05) is 19.9 Å². The molecular weight excluding hydrogens is 256 g/mol. The maximum Gasteiger partial charge on any atom is 0.311 e. The highest BCUT2D eigenvalue weighted by Gasteiger charge is 2.48. The molecular formula is C15H20N2O3.